The third kappa shape index (κ3) is 5.86. The van der Waals surface area contributed by atoms with Gasteiger partial charge in [-0.25, -0.2) is 8.78 Å². The summed E-state index contributed by atoms with van der Waals surface area (Å²) in [7, 11) is 0. The summed E-state index contributed by atoms with van der Waals surface area (Å²) in [4.78, 5) is 9.93. The molecule has 20 heavy (non-hydrogen) atoms. The molecule has 6 heteroatoms. The highest BCUT2D eigenvalue weighted by Gasteiger charge is 2.39. The quantitative estimate of drug-likeness (QED) is 0.612. The van der Waals surface area contributed by atoms with Crippen molar-refractivity contribution in [1.82, 2.24) is 0 Å². The molecule has 2 nitrogen and oxygen atoms in total. The Bertz CT molecular complexity index is 284. The molecule has 1 aliphatic rings. The van der Waals surface area contributed by atoms with Crippen LogP contribution in [0.5, 0.6) is 0 Å². The van der Waals surface area contributed by atoms with Gasteiger partial charge in [-0.1, -0.05) is 27.7 Å². The Labute approximate surface area is 129 Å². The van der Waals surface area contributed by atoms with Gasteiger partial charge < -0.3 is 9.90 Å². The number of aldehydes is 1. The molecule has 0 bridgehead atoms. The average molecular weight is 331 g/mol. The van der Waals surface area contributed by atoms with Crippen LogP contribution in [0.25, 0.3) is 0 Å². The van der Waals surface area contributed by atoms with Gasteiger partial charge in [-0.15, -0.1) is 23.4 Å². The van der Waals surface area contributed by atoms with Crippen LogP contribution in [-0.4, -0.2) is 39.8 Å². The van der Waals surface area contributed by atoms with Gasteiger partial charge in [0.15, 0.2) is 12.5 Å². The van der Waals surface area contributed by atoms with E-state index in [1.54, 1.807) is 6.92 Å². The van der Waals surface area contributed by atoms with Gasteiger partial charge in [0.1, 0.15) is 11.6 Å². The maximum Gasteiger partial charge on any atom is 0.159 e. The summed E-state index contributed by atoms with van der Waals surface area (Å²) in [6, 6.07) is 0. The molecule has 7 atom stereocenters. The number of hydrogen-bond acceptors (Lipinski definition) is 3. The first kappa shape index (κ1) is 20.1. The van der Waals surface area contributed by atoms with E-state index in [-0.39, 0.29) is 17.2 Å². The first-order valence-corrected chi connectivity index (χ1v) is 8.38. The van der Waals surface area contributed by atoms with Gasteiger partial charge in [-0.2, -0.15) is 0 Å². The molecule has 0 radical (unpaired) electrons. The number of thioether (sulfide) groups is 1. The fourth-order valence-electron chi connectivity index (χ4n) is 2.01. The number of carbonyl (C=O) groups excluding carboxylic acids is 1. The standard InChI is InChI=1S/C7H12ClFO.C7H13FOS/c1-3-6(8)5(2)7(9)4-10;1-3-5-4(2)6(8)7(9)10-5/h4-7H,3H2,1-2H3;4-7,9H,3H2,1-2H3/t5-,6+,7-;4-,5-,6+,7?/m11/s1. The van der Waals surface area contributed by atoms with E-state index in [1.807, 2.05) is 20.8 Å². The van der Waals surface area contributed by atoms with Crippen molar-refractivity contribution >= 4 is 29.6 Å². The van der Waals surface area contributed by atoms with E-state index in [2.05, 4.69) is 0 Å². The highest BCUT2D eigenvalue weighted by atomic mass is 35.5. The molecule has 0 amide bonds. The van der Waals surface area contributed by atoms with Gasteiger partial charge in [0.05, 0.1) is 0 Å². The molecule has 1 saturated heterocycles. The summed E-state index contributed by atoms with van der Waals surface area (Å²) in [6.45, 7) is 7.40. The molecule has 1 unspecified atom stereocenters. The lowest BCUT2D eigenvalue weighted by molar-refractivity contribution is -0.113. The van der Waals surface area contributed by atoms with Crippen LogP contribution in [0.4, 0.5) is 8.78 Å². The average Bonchev–Trinajstić information content (AvgIpc) is 2.72. The second-order valence-corrected chi connectivity index (χ2v) is 7.06. The third-order valence-corrected chi connectivity index (χ3v) is 6.03. The second kappa shape index (κ2) is 9.96. The number of rotatable bonds is 5. The summed E-state index contributed by atoms with van der Waals surface area (Å²) in [5.41, 5.74) is -0.778. The number of aliphatic hydroxyl groups is 1. The minimum Gasteiger partial charge on any atom is -0.379 e. The molecule has 0 aromatic rings. The number of aliphatic hydroxyl groups excluding tert-OH is 1. The highest BCUT2D eigenvalue weighted by Crippen LogP contribution is 2.40. The van der Waals surface area contributed by atoms with Crippen molar-refractivity contribution in [2.75, 3.05) is 0 Å². The zero-order valence-electron chi connectivity index (χ0n) is 12.4. The zero-order valence-corrected chi connectivity index (χ0v) is 14.0. The number of halogens is 3. The number of alkyl halides is 3. The first-order valence-electron chi connectivity index (χ1n) is 7.01. The predicted molar refractivity (Wildman–Crippen MR) is 81.8 cm³/mol. The van der Waals surface area contributed by atoms with Crippen LogP contribution < -0.4 is 0 Å². The van der Waals surface area contributed by atoms with Gasteiger partial charge in [0.2, 0.25) is 0 Å². The van der Waals surface area contributed by atoms with Crippen molar-refractivity contribution in [2.45, 2.75) is 68.9 Å². The molecule has 1 N–H and O–H groups in total. The Hall–Kier alpha value is 0.130. The SMILES string of the molecule is CC[C@H](Cl)[C@@H](C)[C@H](F)C=O.CC[C@H]1SC(O)[C@@H](F)[C@@H]1C. The molecular weight excluding hydrogens is 306 g/mol. The Kier molecular flexibility index (Phi) is 10.0. The molecule has 0 aromatic heterocycles. The van der Waals surface area contributed by atoms with Gasteiger partial charge in [-0.3, -0.25) is 0 Å². The Morgan fingerprint density at radius 1 is 1.45 bits per heavy atom. The molecule has 1 heterocycles. The normalized spacial score (nSPS) is 33.8. The van der Waals surface area contributed by atoms with Crippen LogP contribution in [0.15, 0.2) is 0 Å². The molecule has 0 aliphatic carbocycles. The van der Waals surface area contributed by atoms with E-state index in [0.29, 0.717) is 18.0 Å². The molecule has 0 spiro atoms. The van der Waals surface area contributed by atoms with Crippen molar-refractivity contribution in [3.05, 3.63) is 0 Å². The lowest BCUT2D eigenvalue weighted by Gasteiger charge is -2.15. The monoisotopic (exact) mass is 330 g/mol. The van der Waals surface area contributed by atoms with Crippen molar-refractivity contribution in [2.24, 2.45) is 11.8 Å². The maximum atomic E-state index is 12.9. The van der Waals surface area contributed by atoms with Crippen molar-refractivity contribution in [3.63, 3.8) is 0 Å². The zero-order chi connectivity index (χ0) is 15.9. The van der Waals surface area contributed by atoms with Crippen LogP contribution in [-0.2, 0) is 4.79 Å². The Balaban J connectivity index is 0.000000361. The van der Waals surface area contributed by atoms with Crippen molar-refractivity contribution < 1.29 is 18.7 Å². The lowest BCUT2D eigenvalue weighted by atomic mass is 10.0. The maximum absolute atomic E-state index is 12.9. The summed E-state index contributed by atoms with van der Waals surface area (Å²) < 4.78 is 25.4. The third-order valence-electron chi connectivity index (χ3n) is 3.67. The minimum absolute atomic E-state index is 0.0185. The Morgan fingerprint density at radius 3 is 2.25 bits per heavy atom. The summed E-state index contributed by atoms with van der Waals surface area (Å²) in [5, 5.41) is 9.13. The lowest BCUT2D eigenvalue weighted by Crippen LogP contribution is -2.23. The minimum atomic E-state index is -1.41. The second-order valence-electron chi connectivity index (χ2n) is 5.14. The molecule has 1 fully saturated rings. The van der Waals surface area contributed by atoms with E-state index in [9.17, 15) is 13.6 Å². The molecule has 120 valence electrons. The van der Waals surface area contributed by atoms with Crippen molar-refractivity contribution in [3.8, 4) is 0 Å². The predicted octanol–water partition coefficient (Wildman–Crippen LogP) is 3.98. The smallest absolute Gasteiger partial charge is 0.159 e. The fourth-order valence-corrected chi connectivity index (χ4v) is 3.49. The Morgan fingerprint density at radius 2 is 2.00 bits per heavy atom. The van der Waals surface area contributed by atoms with Gasteiger partial charge in [-0.05, 0) is 12.8 Å². The van der Waals surface area contributed by atoms with Crippen LogP contribution in [0.1, 0.15) is 40.5 Å². The van der Waals surface area contributed by atoms with E-state index < -0.39 is 17.8 Å². The molecular formula is C14H25ClF2O2S. The highest BCUT2D eigenvalue weighted by molar-refractivity contribution is 8.00. The summed E-state index contributed by atoms with van der Waals surface area (Å²) in [6.07, 6.45) is -0.492. The molecule has 0 aromatic carbocycles. The molecule has 0 saturated carbocycles. The van der Waals surface area contributed by atoms with Crippen molar-refractivity contribution in [1.29, 1.82) is 0 Å². The van der Waals surface area contributed by atoms with Crippen LogP contribution >= 0.6 is 23.4 Å². The largest absolute Gasteiger partial charge is 0.379 e. The summed E-state index contributed by atoms with van der Waals surface area (Å²) in [5.74, 6) is -0.353. The van der Waals surface area contributed by atoms with E-state index in [4.69, 9.17) is 16.7 Å². The van der Waals surface area contributed by atoms with Crippen LogP contribution in [0, 0.1) is 11.8 Å². The van der Waals surface area contributed by atoms with Crippen LogP contribution in [0.3, 0.4) is 0 Å². The fraction of sp³-hybridized carbons (Fsp3) is 0.929. The van der Waals surface area contributed by atoms with E-state index in [0.717, 1.165) is 6.42 Å². The number of hydrogen-bond donors (Lipinski definition) is 1. The molecule has 1 rings (SSSR count). The first-order chi connectivity index (χ1) is 9.29. The van der Waals surface area contributed by atoms with Crippen LogP contribution in [0.2, 0.25) is 0 Å². The van der Waals surface area contributed by atoms with E-state index in [1.165, 1.54) is 11.8 Å². The van der Waals surface area contributed by atoms with Gasteiger partial charge >= 0.3 is 0 Å². The number of carbonyl (C=O) groups is 1. The van der Waals surface area contributed by atoms with E-state index >= 15 is 0 Å². The van der Waals surface area contributed by atoms with Gasteiger partial charge in [0.25, 0.3) is 0 Å². The topological polar surface area (TPSA) is 37.3 Å². The molecule has 1 aliphatic heterocycles. The summed E-state index contributed by atoms with van der Waals surface area (Å²) >= 11 is 7.05. The van der Waals surface area contributed by atoms with Gasteiger partial charge in [0, 0.05) is 22.5 Å².